The first-order chi connectivity index (χ1) is 12.3. The average Bonchev–Trinajstić information content (AvgIpc) is 2.81. The molecule has 1 heterocycles. The van der Waals surface area contributed by atoms with Gasteiger partial charge in [0.25, 0.3) is 17.5 Å². The van der Waals surface area contributed by atoms with Crippen LogP contribution in [0.2, 0.25) is 0 Å². The third-order valence-corrected chi connectivity index (χ3v) is 4.12. The maximum Gasteiger partial charge on any atom is 0.274 e. The Hall–Kier alpha value is -3.55. The fourth-order valence-electron chi connectivity index (χ4n) is 2.78. The number of fused-ring (bicyclic) bond motifs is 1. The molecular formula is C18H15N3O5. The molecule has 1 N–H and O–H groups in total. The van der Waals surface area contributed by atoms with Crippen molar-refractivity contribution >= 4 is 29.1 Å². The maximum atomic E-state index is 12.4. The van der Waals surface area contributed by atoms with Crippen LogP contribution in [0.1, 0.15) is 31.8 Å². The van der Waals surface area contributed by atoms with Gasteiger partial charge in [-0.1, -0.05) is 17.7 Å². The van der Waals surface area contributed by atoms with E-state index in [1.54, 1.807) is 32.0 Å². The van der Waals surface area contributed by atoms with Crippen LogP contribution in [0.3, 0.4) is 0 Å². The Morgan fingerprint density at radius 2 is 1.77 bits per heavy atom. The van der Waals surface area contributed by atoms with Crippen molar-refractivity contribution in [3.63, 3.8) is 0 Å². The number of benzene rings is 2. The molecule has 0 spiro atoms. The molecule has 3 amide bonds. The first-order valence-electron chi connectivity index (χ1n) is 7.79. The van der Waals surface area contributed by atoms with Crippen LogP contribution in [-0.4, -0.2) is 34.1 Å². The number of amides is 3. The van der Waals surface area contributed by atoms with Crippen LogP contribution in [0, 0.1) is 24.0 Å². The Bertz CT molecular complexity index is 967. The van der Waals surface area contributed by atoms with Crippen LogP contribution < -0.4 is 5.32 Å². The summed E-state index contributed by atoms with van der Waals surface area (Å²) in [6.45, 7) is 2.93. The van der Waals surface area contributed by atoms with Crippen molar-refractivity contribution in [2.45, 2.75) is 13.8 Å². The number of rotatable bonds is 4. The molecule has 0 saturated heterocycles. The molecule has 8 heteroatoms. The van der Waals surface area contributed by atoms with E-state index in [2.05, 4.69) is 5.32 Å². The Morgan fingerprint density at radius 3 is 2.46 bits per heavy atom. The quantitative estimate of drug-likeness (QED) is 0.516. The average molecular weight is 353 g/mol. The highest BCUT2D eigenvalue weighted by Crippen LogP contribution is 2.25. The van der Waals surface area contributed by atoms with E-state index < -0.39 is 29.2 Å². The zero-order valence-corrected chi connectivity index (χ0v) is 14.1. The number of nitrogens with one attached hydrogen (secondary N) is 1. The highest BCUT2D eigenvalue weighted by Gasteiger charge is 2.36. The SMILES string of the molecule is Cc1ccc2c(c1)C(=O)N(CC(=O)Nc1ccc(C)c([N+](=O)[O-])c1)C2=O. The van der Waals surface area contributed by atoms with E-state index in [0.29, 0.717) is 5.56 Å². The molecule has 0 aromatic heterocycles. The molecule has 0 atom stereocenters. The van der Waals surface area contributed by atoms with Gasteiger partial charge in [0.1, 0.15) is 6.54 Å². The van der Waals surface area contributed by atoms with Gasteiger partial charge in [-0.05, 0) is 32.0 Å². The number of imide groups is 1. The maximum absolute atomic E-state index is 12.4. The fourth-order valence-corrected chi connectivity index (χ4v) is 2.78. The van der Waals surface area contributed by atoms with E-state index in [-0.39, 0.29) is 22.5 Å². The first-order valence-corrected chi connectivity index (χ1v) is 7.79. The van der Waals surface area contributed by atoms with Gasteiger partial charge in [0.05, 0.1) is 16.1 Å². The van der Waals surface area contributed by atoms with Gasteiger partial charge >= 0.3 is 0 Å². The van der Waals surface area contributed by atoms with Crippen molar-refractivity contribution in [2.75, 3.05) is 11.9 Å². The van der Waals surface area contributed by atoms with E-state index >= 15 is 0 Å². The van der Waals surface area contributed by atoms with Crippen molar-refractivity contribution in [1.82, 2.24) is 4.90 Å². The van der Waals surface area contributed by atoms with Gasteiger partial charge in [-0.25, -0.2) is 0 Å². The van der Waals surface area contributed by atoms with Gasteiger partial charge in [0.2, 0.25) is 5.91 Å². The van der Waals surface area contributed by atoms with Crippen molar-refractivity contribution in [1.29, 1.82) is 0 Å². The lowest BCUT2D eigenvalue weighted by Crippen LogP contribution is -2.37. The van der Waals surface area contributed by atoms with Crippen LogP contribution in [0.5, 0.6) is 0 Å². The highest BCUT2D eigenvalue weighted by atomic mass is 16.6. The topological polar surface area (TPSA) is 110 Å². The molecule has 0 radical (unpaired) electrons. The van der Waals surface area contributed by atoms with E-state index in [9.17, 15) is 24.5 Å². The summed E-state index contributed by atoms with van der Waals surface area (Å²) in [5.74, 6) is -1.68. The minimum Gasteiger partial charge on any atom is -0.324 e. The van der Waals surface area contributed by atoms with Crippen LogP contribution in [-0.2, 0) is 4.79 Å². The zero-order chi connectivity index (χ0) is 19.0. The molecule has 132 valence electrons. The van der Waals surface area contributed by atoms with E-state index in [1.165, 1.54) is 18.2 Å². The summed E-state index contributed by atoms with van der Waals surface area (Å²) in [6.07, 6.45) is 0. The van der Waals surface area contributed by atoms with Gasteiger partial charge in [0, 0.05) is 17.3 Å². The fraction of sp³-hybridized carbons (Fsp3) is 0.167. The smallest absolute Gasteiger partial charge is 0.274 e. The summed E-state index contributed by atoms with van der Waals surface area (Å²) in [7, 11) is 0. The Labute approximate surface area is 148 Å². The number of hydrogen-bond acceptors (Lipinski definition) is 5. The lowest BCUT2D eigenvalue weighted by molar-refractivity contribution is -0.385. The normalized spacial score (nSPS) is 12.9. The first kappa shape index (κ1) is 17.3. The van der Waals surface area contributed by atoms with Gasteiger partial charge in [-0.2, -0.15) is 0 Å². The predicted octanol–water partition coefficient (Wildman–Crippen LogP) is 2.45. The highest BCUT2D eigenvalue weighted by molar-refractivity contribution is 6.22. The number of nitro benzene ring substituents is 1. The van der Waals surface area contributed by atoms with E-state index in [4.69, 9.17) is 0 Å². The molecule has 1 aliphatic rings. The number of nitrogens with zero attached hydrogens (tertiary/aromatic N) is 2. The number of anilines is 1. The second-order valence-electron chi connectivity index (χ2n) is 6.05. The Balaban J connectivity index is 1.75. The van der Waals surface area contributed by atoms with Gasteiger partial charge in [0.15, 0.2) is 0 Å². The molecule has 2 aromatic rings. The van der Waals surface area contributed by atoms with Crippen molar-refractivity contribution in [3.8, 4) is 0 Å². The van der Waals surface area contributed by atoms with Crippen LogP contribution in [0.25, 0.3) is 0 Å². The Kier molecular flexibility index (Phi) is 4.25. The predicted molar refractivity (Wildman–Crippen MR) is 93.0 cm³/mol. The standard InChI is InChI=1S/C18H15N3O5/c1-10-3-6-13-14(7-10)18(24)20(17(13)23)9-16(22)19-12-5-4-11(2)15(8-12)21(25)26/h3-8H,9H2,1-2H3,(H,19,22). The number of nitro groups is 1. The van der Waals surface area contributed by atoms with Crippen LogP contribution >= 0.6 is 0 Å². The van der Waals surface area contributed by atoms with Crippen molar-refractivity contribution in [3.05, 3.63) is 68.8 Å². The van der Waals surface area contributed by atoms with Crippen molar-refractivity contribution in [2.24, 2.45) is 0 Å². The largest absolute Gasteiger partial charge is 0.324 e. The minimum atomic E-state index is -0.616. The molecule has 0 saturated carbocycles. The number of carbonyl (C=O) groups is 3. The molecular weight excluding hydrogens is 338 g/mol. The molecule has 0 unspecified atom stereocenters. The van der Waals surface area contributed by atoms with Gasteiger partial charge in [-0.15, -0.1) is 0 Å². The summed E-state index contributed by atoms with van der Waals surface area (Å²) >= 11 is 0. The zero-order valence-electron chi connectivity index (χ0n) is 14.1. The summed E-state index contributed by atoms with van der Waals surface area (Å²) in [6, 6.07) is 9.16. The molecule has 1 aliphatic heterocycles. The summed E-state index contributed by atoms with van der Waals surface area (Å²) in [5.41, 5.74) is 1.93. The summed E-state index contributed by atoms with van der Waals surface area (Å²) in [4.78, 5) is 48.2. The lowest BCUT2D eigenvalue weighted by atomic mass is 10.1. The molecule has 3 rings (SSSR count). The number of carbonyl (C=O) groups excluding carboxylic acids is 3. The monoisotopic (exact) mass is 353 g/mol. The van der Waals surface area contributed by atoms with E-state index in [0.717, 1.165) is 10.5 Å². The second-order valence-corrected chi connectivity index (χ2v) is 6.05. The molecule has 0 aliphatic carbocycles. The second kappa shape index (κ2) is 6.40. The number of aryl methyl sites for hydroxylation is 2. The molecule has 8 nitrogen and oxygen atoms in total. The molecule has 26 heavy (non-hydrogen) atoms. The lowest BCUT2D eigenvalue weighted by Gasteiger charge is -2.13. The minimum absolute atomic E-state index is 0.126. The summed E-state index contributed by atoms with van der Waals surface area (Å²) < 4.78 is 0. The molecule has 0 bridgehead atoms. The Morgan fingerprint density at radius 1 is 1.08 bits per heavy atom. The third kappa shape index (κ3) is 3.04. The van der Waals surface area contributed by atoms with Crippen molar-refractivity contribution < 1.29 is 19.3 Å². The van der Waals surface area contributed by atoms with E-state index in [1.807, 2.05) is 0 Å². The van der Waals surface area contributed by atoms with Crippen LogP contribution in [0.4, 0.5) is 11.4 Å². The molecule has 2 aromatic carbocycles. The van der Waals surface area contributed by atoms with Gasteiger partial charge < -0.3 is 5.32 Å². The molecule has 0 fully saturated rings. The third-order valence-electron chi connectivity index (χ3n) is 4.12. The summed E-state index contributed by atoms with van der Waals surface area (Å²) in [5, 5.41) is 13.5. The van der Waals surface area contributed by atoms with Crippen LogP contribution in [0.15, 0.2) is 36.4 Å². The van der Waals surface area contributed by atoms with Gasteiger partial charge in [-0.3, -0.25) is 29.4 Å². The number of hydrogen-bond donors (Lipinski definition) is 1.